The third kappa shape index (κ3) is 5.37. The number of likely N-dealkylation sites (tertiary alicyclic amines) is 1. The molecule has 5 nitrogen and oxygen atoms in total. The number of hydrogen-bond acceptors (Lipinski definition) is 4. The zero-order valence-electron chi connectivity index (χ0n) is 11.2. The molecule has 1 atom stereocenters. The van der Waals surface area contributed by atoms with E-state index in [9.17, 15) is 4.79 Å². The molecule has 0 bridgehead atoms. The van der Waals surface area contributed by atoms with Crippen molar-refractivity contribution in [1.82, 2.24) is 10.2 Å². The SMILES string of the molecule is CC(C)(C)OC(=O)NC[C@H]1CCN1CCCN. The fourth-order valence-electron chi connectivity index (χ4n) is 1.83. The molecule has 0 aliphatic carbocycles. The minimum atomic E-state index is -0.428. The number of carbonyl (C=O) groups is 1. The molecule has 0 aromatic carbocycles. The Balaban J connectivity index is 2.16. The molecule has 1 fully saturated rings. The predicted octanol–water partition coefficient (Wildman–Crippen LogP) is 0.934. The van der Waals surface area contributed by atoms with Crippen LogP contribution >= 0.6 is 0 Å². The standard InChI is InChI=1S/C12H25N3O2/c1-12(2,3)17-11(16)14-9-10-5-8-15(10)7-4-6-13/h10H,4-9,13H2,1-3H3,(H,14,16)/t10-/m1/s1. The van der Waals surface area contributed by atoms with E-state index in [2.05, 4.69) is 10.2 Å². The van der Waals surface area contributed by atoms with E-state index in [0.717, 1.165) is 32.5 Å². The van der Waals surface area contributed by atoms with Crippen molar-refractivity contribution in [2.45, 2.75) is 45.3 Å². The lowest BCUT2D eigenvalue weighted by atomic mass is 10.0. The summed E-state index contributed by atoms with van der Waals surface area (Å²) in [5.41, 5.74) is 5.05. The van der Waals surface area contributed by atoms with E-state index in [4.69, 9.17) is 10.5 Å². The Labute approximate surface area is 104 Å². The summed E-state index contributed by atoms with van der Waals surface area (Å²) in [4.78, 5) is 13.8. The van der Waals surface area contributed by atoms with Gasteiger partial charge < -0.3 is 15.8 Å². The molecule has 0 radical (unpaired) electrons. The van der Waals surface area contributed by atoms with Gasteiger partial charge in [0.2, 0.25) is 0 Å². The minimum Gasteiger partial charge on any atom is -0.444 e. The predicted molar refractivity (Wildman–Crippen MR) is 67.9 cm³/mol. The van der Waals surface area contributed by atoms with Crippen LogP contribution in [0.2, 0.25) is 0 Å². The molecule has 100 valence electrons. The molecule has 1 saturated heterocycles. The molecule has 1 rings (SSSR count). The van der Waals surface area contributed by atoms with E-state index in [1.807, 2.05) is 20.8 Å². The smallest absolute Gasteiger partial charge is 0.407 e. The first-order valence-electron chi connectivity index (χ1n) is 6.33. The Morgan fingerprint density at radius 2 is 2.24 bits per heavy atom. The summed E-state index contributed by atoms with van der Waals surface area (Å²) in [6.45, 7) is 9.12. The van der Waals surface area contributed by atoms with Crippen molar-refractivity contribution in [1.29, 1.82) is 0 Å². The summed E-state index contributed by atoms with van der Waals surface area (Å²) in [6, 6.07) is 0.453. The first kappa shape index (κ1) is 14.3. The van der Waals surface area contributed by atoms with Crippen LogP contribution in [0, 0.1) is 0 Å². The van der Waals surface area contributed by atoms with Crippen LogP contribution in [0.5, 0.6) is 0 Å². The van der Waals surface area contributed by atoms with Crippen LogP contribution in [-0.2, 0) is 4.74 Å². The van der Waals surface area contributed by atoms with Crippen LogP contribution in [0.15, 0.2) is 0 Å². The zero-order valence-corrected chi connectivity index (χ0v) is 11.2. The van der Waals surface area contributed by atoms with Crippen LogP contribution < -0.4 is 11.1 Å². The van der Waals surface area contributed by atoms with Crippen LogP contribution in [-0.4, -0.2) is 48.8 Å². The molecule has 0 aromatic heterocycles. The van der Waals surface area contributed by atoms with Crippen molar-refractivity contribution in [3.63, 3.8) is 0 Å². The summed E-state index contributed by atoms with van der Waals surface area (Å²) in [6.07, 6.45) is 1.83. The Morgan fingerprint density at radius 1 is 1.53 bits per heavy atom. The van der Waals surface area contributed by atoms with Gasteiger partial charge in [-0.15, -0.1) is 0 Å². The lowest BCUT2D eigenvalue weighted by Gasteiger charge is -2.41. The van der Waals surface area contributed by atoms with Crippen molar-refractivity contribution in [2.24, 2.45) is 5.73 Å². The van der Waals surface area contributed by atoms with Gasteiger partial charge in [-0.1, -0.05) is 0 Å². The van der Waals surface area contributed by atoms with Crippen LogP contribution in [0.1, 0.15) is 33.6 Å². The Bertz CT molecular complexity index is 251. The van der Waals surface area contributed by atoms with Crippen molar-refractivity contribution < 1.29 is 9.53 Å². The second-order valence-electron chi connectivity index (χ2n) is 5.50. The molecule has 1 aliphatic heterocycles. The highest BCUT2D eigenvalue weighted by Crippen LogP contribution is 2.16. The average molecular weight is 243 g/mol. The van der Waals surface area contributed by atoms with Gasteiger partial charge in [-0.05, 0) is 46.7 Å². The molecule has 1 aliphatic rings. The highest BCUT2D eigenvalue weighted by atomic mass is 16.6. The zero-order chi connectivity index (χ0) is 12.9. The second kappa shape index (κ2) is 6.21. The van der Waals surface area contributed by atoms with E-state index < -0.39 is 5.60 Å². The van der Waals surface area contributed by atoms with Crippen LogP contribution in [0.4, 0.5) is 4.79 Å². The second-order valence-corrected chi connectivity index (χ2v) is 5.50. The highest BCUT2D eigenvalue weighted by Gasteiger charge is 2.27. The number of ether oxygens (including phenoxy) is 1. The maximum absolute atomic E-state index is 11.5. The molecule has 1 heterocycles. The van der Waals surface area contributed by atoms with E-state index in [-0.39, 0.29) is 6.09 Å². The molecule has 0 spiro atoms. The third-order valence-electron chi connectivity index (χ3n) is 2.80. The van der Waals surface area contributed by atoms with Crippen molar-refractivity contribution in [3.05, 3.63) is 0 Å². The summed E-state index contributed by atoms with van der Waals surface area (Å²) >= 11 is 0. The van der Waals surface area contributed by atoms with Crippen molar-refractivity contribution in [3.8, 4) is 0 Å². The quantitative estimate of drug-likeness (QED) is 0.754. The van der Waals surface area contributed by atoms with Gasteiger partial charge in [0.05, 0.1) is 0 Å². The Kier molecular flexibility index (Phi) is 5.21. The van der Waals surface area contributed by atoms with Crippen LogP contribution in [0.3, 0.4) is 0 Å². The normalized spacial score (nSPS) is 20.8. The molecule has 0 aromatic rings. The number of nitrogens with two attached hydrogens (primary N) is 1. The number of alkyl carbamates (subject to hydrolysis) is 1. The van der Waals surface area contributed by atoms with E-state index in [1.54, 1.807) is 0 Å². The molecule has 3 N–H and O–H groups in total. The number of rotatable bonds is 5. The summed E-state index contributed by atoms with van der Waals surface area (Å²) in [5, 5.41) is 2.81. The largest absolute Gasteiger partial charge is 0.444 e. The first-order valence-corrected chi connectivity index (χ1v) is 6.33. The monoisotopic (exact) mass is 243 g/mol. The lowest BCUT2D eigenvalue weighted by molar-refractivity contribution is 0.0447. The summed E-state index contributed by atoms with van der Waals surface area (Å²) < 4.78 is 5.18. The first-order chi connectivity index (χ1) is 7.92. The van der Waals surface area contributed by atoms with Gasteiger partial charge in [-0.2, -0.15) is 0 Å². The summed E-state index contributed by atoms with van der Waals surface area (Å²) in [5.74, 6) is 0. The maximum Gasteiger partial charge on any atom is 0.407 e. The van der Waals surface area contributed by atoms with Crippen molar-refractivity contribution in [2.75, 3.05) is 26.2 Å². The lowest BCUT2D eigenvalue weighted by Crippen LogP contribution is -2.54. The number of hydrogen-bond donors (Lipinski definition) is 2. The van der Waals surface area contributed by atoms with Gasteiger partial charge in [-0.3, -0.25) is 4.90 Å². The van der Waals surface area contributed by atoms with Gasteiger partial charge in [0, 0.05) is 19.1 Å². The minimum absolute atomic E-state index is 0.330. The Hall–Kier alpha value is -0.810. The third-order valence-corrected chi connectivity index (χ3v) is 2.80. The van der Waals surface area contributed by atoms with E-state index >= 15 is 0 Å². The molecule has 0 saturated carbocycles. The van der Waals surface area contributed by atoms with Gasteiger partial charge in [-0.25, -0.2) is 4.79 Å². The maximum atomic E-state index is 11.5. The van der Waals surface area contributed by atoms with Crippen LogP contribution in [0.25, 0.3) is 0 Å². The van der Waals surface area contributed by atoms with E-state index in [0.29, 0.717) is 12.6 Å². The average Bonchev–Trinajstić information content (AvgIpc) is 2.14. The number of nitrogens with one attached hydrogen (secondary N) is 1. The van der Waals surface area contributed by atoms with E-state index in [1.165, 1.54) is 0 Å². The van der Waals surface area contributed by atoms with Crippen molar-refractivity contribution >= 4 is 6.09 Å². The topological polar surface area (TPSA) is 67.6 Å². The molecule has 17 heavy (non-hydrogen) atoms. The number of amides is 1. The van der Waals surface area contributed by atoms with Gasteiger partial charge in [0.25, 0.3) is 0 Å². The fraction of sp³-hybridized carbons (Fsp3) is 0.917. The highest BCUT2D eigenvalue weighted by molar-refractivity contribution is 5.67. The molecular formula is C12H25N3O2. The van der Waals surface area contributed by atoms with Gasteiger partial charge in [0.15, 0.2) is 0 Å². The molecular weight excluding hydrogens is 218 g/mol. The fourth-order valence-corrected chi connectivity index (χ4v) is 1.83. The number of carbonyl (C=O) groups excluding carboxylic acids is 1. The summed E-state index contributed by atoms with van der Waals surface area (Å²) in [7, 11) is 0. The van der Waals surface area contributed by atoms with Gasteiger partial charge in [0.1, 0.15) is 5.60 Å². The number of nitrogens with zero attached hydrogens (tertiary/aromatic N) is 1. The van der Waals surface area contributed by atoms with Gasteiger partial charge >= 0.3 is 6.09 Å². The molecule has 1 amide bonds. The molecule has 5 heteroatoms. The molecule has 0 unspecified atom stereocenters. The Morgan fingerprint density at radius 3 is 2.71 bits per heavy atom.